The molecular weight excluding hydrogens is 168 g/mol. The van der Waals surface area contributed by atoms with Crippen LogP contribution in [0.4, 0.5) is 0 Å². The predicted octanol–water partition coefficient (Wildman–Crippen LogP) is 5.26. The average molecular weight is 194 g/mol. The molecular formula is C14H26. The Labute approximate surface area is 90.1 Å². The van der Waals surface area contributed by atoms with Gasteiger partial charge in [0.05, 0.1) is 0 Å². The van der Waals surface area contributed by atoms with Crippen molar-refractivity contribution >= 4 is 0 Å². The maximum atomic E-state index is 2.34. The van der Waals surface area contributed by atoms with E-state index >= 15 is 0 Å². The third-order valence-electron chi connectivity index (χ3n) is 2.25. The van der Waals surface area contributed by atoms with Crippen LogP contribution in [0.3, 0.4) is 0 Å². The zero-order valence-electron chi connectivity index (χ0n) is 9.97. The van der Waals surface area contributed by atoms with Gasteiger partial charge in [-0.2, -0.15) is 0 Å². The van der Waals surface area contributed by atoms with E-state index in [1.54, 1.807) is 0 Å². The number of hydrogen-bond acceptors (Lipinski definition) is 0. The first-order chi connectivity index (χ1) is 6.91. The maximum absolute atomic E-state index is 2.34. The SMILES string of the molecule is CCC/C=C/CCC/C=C/CCCC. The second-order valence-corrected chi connectivity index (χ2v) is 3.80. The molecule has 0 unspecified atom stereocenters. The Bertz CT molecular complexity index is 142. The molecule has 0 saturated carbocycles. The lowest BCUT2D eigenvalue weighted by Gasteiger charge is -1.91. The first-order valence-corrected chi connectivity index (χ1v) is 6.21. The summed E-state index contributed by atoms with van der Waals surface area (Å²) in [6.07, 6.45) is 19.5. The van der Waals surface area contributed by atoms with Crippen molar-refractivity contribution < 1.29 is 0 Å². The molecule has 0 bridgehead atoms. The van der Waals surface area contributed by atoms with Crippen LogP contribution in [-0.4, -0.2) is 0 Å². The average Bonchev–Trinajstić information content (AvgIpc) is 2.21. The number of allylic oxidation sites excluding steroid dienone is 4. The zero-order valence-corrected chi connectivity index (χ0v) is 9.97. The Hall–Kier alpha value is -0.520. The second kappa shape index (κ2) is 12.5. The minimum Gasteiger partial charge on any atom is -0.0885 e. The molecule has 0 rings (SSSR count). The molecule has 0 aromatic rings. The first kappa shape index (κ1) is 13.5. The Kier molecular flexibility index (Phi) is 12.0. The van der Waals surface area contributed by atoms with E-state index in [1.165, 1.54) is 51.4 Å². The van der Waals surface area contributed by atoms with Crippen LogP contribution in [0.2, 0.25) is 0 Å². The van der Waals surface area contributed by atoms with Crippen LogP contribution in [0.25, 0.3) is 0 Å². The van der Waals surface area contributed by atoms with Crippen LogP contribution >= 0.6 is 0 Å². The van der Waals surface area contributed by atoms with Gasteiger partial charge in [-0.25, -0.2) is 0 Å². The second-order valence-electron chi connectivity index (χ2n) is 3.80. The summed E-state index contributed by atoms with van der Waals surface area (Å²) in [6.45, 7) is 4.47. The van der Waals surface area contributed by atoms with Gasteiger partial charge >= 0.3 is 0 Å². The Morgan fingerprint density at radius 3 is 1.57 bits per heavy atom. The molecule has 0 spiro atoms. The summed E-state index contributed by atoms with van der Waals surface area (Å²) >= 11 is 0. The van der Waals surface area contributed by atoms with Crippen molar-refractivity contribution in [2.24, 2.45) is 0 Å². The lowest BCUT2D eigenvalue weighted by Crippen LogP contribution is -1.71. The standard InChI is InChI=1S/C14H26/c1-3-5-7-9-11-13-14-12-10-8-6-4-2/h7,9-10,12H,3-6,8,11,13-14H2,1-2H3/b9-7+,12-10+. The highest BCUT2D eigenvalue weighted by molar-refractivity contribution is 4.85. The maximum Gasteiger partial charge on any atom is -0.0348 e. The number of rotatable bonds is 9. The minimum atomic E-state index is 1.24. The molecule has 0 N–H and O–H groups in total. The lowest BCUT2D eigenvalue weighted by atomic mass is 10.2. The highest BCUT2D eigenvalue weighted by atomic mass is 13.9. The topological polar surface area (TPSA) is 0 Å². The van der Waals surface area contributed by atoms with Crippen molar-refractivity contribution in [3.8, 4) is 0 Å². The summed E-state index contributed by atoms with van der Waals surface area (Å²) in [5.41, 5.74) is 0. The minimum absolute atomic E-state index is 1.24. The van der Waals surface area contributed by atoms with Crippen LogP contribution in [0, 0.1) is 0 Å². The van der Waals surface area contributed by atoms with Gasteiger partial charge in [-0.3, -0.25) is 0 Å². The molecule has 0 aliphatic carbocycles. The summed E-state index contributed by atoms with van der Waals surface area (Å²) < 4.78 is 0. The fourth-order valence-electron chi connectivity index (χ4n) is 1.31. The Balaban J connectivity index is 3.08. The first-order valence-electron chi connectivity index (χ1n) is 6.21. The highest BCUT2D eigenvalue weighted by Crippen LogP contribution is 2.01. The molecule has 0 saturated heterocycles. The van der Waals surface area contributed by atoms with Crippen molar-refractivity contribution in [3.63, 3.8) is 0 Å². The van der Waals surface area contributed by atoms with Gasteiger partial charge in [0, 0.05) is 0 Å². The van der Waals surface area contributed by atoms with E-state index < -0.39 is 0 Å². The molecule has 0 radical (unpaired) electrons. The van der Waals surface area contributed by atoms with Gasteiger partial charge in [0.25, 0.3) is 0 Å². The van der Waals surface area contributed by atoms with Gasteiger partial charge in [0.1, 0.15) is 0 Å². The van der Waals surface area contributed by atoms with Crippen molar-refractivity contribution in [2.45, 2.75) is 65.2 Å². The van der Waals surface area contributed by atoms with Gasteiger partial charge in [-0.05, 0) is 32.1 Å². The Morgan fingerprint density at radius 2 is 1.07 bits per heavy atom. The van der Waals surface area contributed by atoms with Gasteiger partial charge in [-0.1, -0.05) is 57.4 Å². The van der Waals surface area contributed by atoms with Crippen LogP contribution < -0.4 is 0 Å². The summed E-state index contributed by atoms with van der Waals surface area (Å²) in [7, 11) is 0. The third kappa shape index (κ3) is 11.5. The van der Waals surface area contributed by atoms with E-state index in [0.717, 1.165) is 0 Å². The predicted molar refractivity (Wildman–Crippen MR) is 66.6 cm³/mol. The van der Waals surface area contributed by atoms with Crippen molar-refractivity contribution in [3.05, 3.63) is 24.3 Å². The van der Waals surface area contributed by atoms with Gasteiger partial charge in [0.2, 0.25) is 0 Å². The number of hydrogen-bond donors (Lipinski definition) is 0. The molecule has 0 nitrogen and oxygen atoms in total. The molecule has 0 aliphatic heterocycles. The van der Waals surface area contributed by atoms with Crippen LogP contribution in [0.5, 0.6) is 0 Å². The molecule has 82 valence electrons. The normalized spacial score (nSPS) is 11.9. The summed E-state index contributed by atoms with van der Waals surface area (Å²) in [5.74, 6) is 0. The summed E-state index contributed by atoms with van der Waals surface area (Å²) in [4.78, 5) is 0. The molecule has 14 heavy (non-hydrogen) atoms. The van der Waals surface area contributed by atoms with Gasteiger partial charge < -0.3 is 0 Å². The lowest BCUT2D eigenvalue weighted by molar-refractivity contribution is 0.805. The van der Waals surface area contributed by atoms with E-state index in [4.69, 9.17) is 0 Å². The fraction of sp³-hybridized carbons (Fsp3) is 0.714. The molecule has 0 aliphatic rings. The quantitative estimate of drug-likeness (QED) is 0.347. The van der Waals surface area contributed by atoms with E-state index in [1.807, 2.05) is 0 Å². The molecule has 0 aromatic heterocycles. The number of unbranched alkanes of at least 4 members (excludes halogenated alkanes) is 5. The summed E-state index contributed by atoms with van der Waals surface area (Å²) in [5, 5.41) is 0. The van der Waals surface area contributed by atoms with Crippen LogP contribution in [0.15, 0.2) is 24.3 Å². The Morgan fingerprint density at radius 1 is 0.571 bits per heavy atom. The monoisotopic (exact) mass is 194 g/mol. The molecule has 0 aromatic carbocycles. The van der Waals surface area contributed by atoms with Crippen molar-refractivity contribution in [1.29, 1.82) is 0 Å². The molecule has 0 heterocycles. The third-order valence-corrected chi connectivity index (χ3v) is 2.25. The van der Waals surface area contributed by atoms with Gasteiger partial charge in [-0.15, -0.1) is 0 Å². The van der Waals surface area contributed by atoms with E-state index in [-0.39, 0.29) is 0 Å². The molecule has 0 fully saturated rings. The van der Waals surface area contributed by atoms with E-state index in [0.29, 0.717) is 0 Å². The van der Waals surface area contributed by atoms with E-state index in [2.05, 4.69) is 38.2 Å². The van der Waals surface area contributed by atoms with Crippen LogP contribution in [0.1, 0.15) is 65.2 Å². The smallest absolute Gasteiger partial charge is 0.0348 e. The van der Waals surface area contributed by atoms with Crippen LogP contribution in [-0.2, 0) is 0 Å². The zero-order chi connectivity index (χ0) is 10.5. The fourth-order valence-corrected chi connectivity index (χ4v) is 1.31. The summed E-state index contributed by atoms with van der Waals surface area (Å²) in [6, 6.07) is 0. The van der Waals surface area contributed by atoms with Crippen molar-refractivity contribution in [2.75, 3.05) is 0 Å². The molecule has 0 heteroatoms. The molecule has 0 atom stereocenters. The largest absolute Gasteiger partial charge is 0.0885 e. The highest BCUT2D eigenvalue weighted by Gasteiger charge is 1.81. The van der Waals surface area contributed by atoms with Crippen molar-refractivity contribution in [1.82, 2.24) is 0 Å². The van der Waals surface area contributed by atoms with E-state index in [9.17, 15) is 0 Å². The molecule has 0 amide bonds. The van der Waals surface area contributed by atoms with Gasteiger partial charge in [0.15, 0.2) is 0 Å².